The number of aromatic nitrogens is 2. The van der Waals surface area contributed by atoms with Crippen molar-refractivity contribution in [3.05, 3.63) is 34.7 Å². The van der Waals surface area contributed by atoms with Crippen LogP contribution in [0.4, 0.5) is 0 Å². The van der Waals surface area contributed by atoms with E-state index >= 15 is 0 Å². The van der Waals surface area contributed by atoms with Crippen molar-refractivity contribution >= 4 is 11.0 Å². The van der Waals surface area contributed by atoms with Crippen molar-refractivity contribution in [1.82, 2.24) is 9.13 Å². The van der Waals surface area contributed by atoms with E-state index < -0.39 is 0 Å². The van der Waals surface area contributed by atoms with E-state index in [0.717, 1.165) is 24.0 Å². The summed E-state index contributed by atoms with van der Waals surface area (Å²) in [5.74, 6) is 0.693. The average Bonchev–Trinajstić information content (AvgIpc) is 3.15. The molecule has 20 heavy (non-hydrogen) atoms. The molecule has 2 aromatic rings. The van der Waals surface area contributed by atoms with Gasteiger partial charge in [-0.25, -0.2) is 4.79 Å². The molecule has 4 heteroatoms. The van der Waals surface area contributed by atoms with Crippen molar-refractivity contribution in [1.29, 1.82) is 0 Å². The standard InChI is InChI=1S/C16H23N3O/c1-16(2,17)9-10-18-13-5-3-4-6-14(13)19(15(18)20)11-12-7-8-12/h3-6,12H,7-11,17H2,1-2H3. The van der Waals surface area contributed by atoms with Crippen LogP contribution in [0.5, 0.6) is 0 Å². The van der Waals surface area contributed by atoms with Crippen molar-refractivity contribution in [3.63, 3.8) is 0 Å². The molecule has 0 amide bonds. The first-order chi connectivity index (χ1) is 9.46. The van der Waals surface area contributed by atoms with Crippen LogP contribution in [0.1, 0.15) is 33.1 Å². The minimum absolute atomic E-state index is 0.113. The third-order valence-corrected chi connectivity index (χ3v) is 4.04. The zero-order chi connectivity index (χ0) is 14.3. The van der Waals surface area contributed by atoms with Gasteiger partial charge in [0.05, 0.1) is 11.0 Å². The van der Waals surface area contributed by atoms with E-state index in [9.17, 15) is 4.79 Å². The second-order valence-corrected chi connectivity index (χ2v) is 6.72. The van der Waals surface area contributed by atoms with E-state index in [0.29, 0.717) is 12.5 Å². The number of aryl methyl sites for hydroxylation is 1. The van der Waals surface area contributed by atoms with E-state index in [-0.39, 0.29) is 11.2 Å². The second kappa shape index (κ2) is 4.77. The van der Waals surface area contributed by atoms with Crippen LogP contribution in [0.25, 0.3) is 11.0 Å². The Balaban J connectivity index is 2.01. The average molecular weight is 273 g/mol. The van der Waals surface area contributed by atoms with Crippen LogP contribution >= 0.6 is 0 Å². The van der Waals surface area contributed by atoms with Gasteiger partial charge < -0.3 is 5.73 Å². The molecule has 1 aliphatic rings. The fourth-order valence-electron chi connectivity index (χ4n) is 2.62. The monoisotopic (exact) mass is 273 g/mol. The summed E-state index contributed by atoms with van der Waals surface area (Å²) in [7, 11) is 0. The van der Waals surface area contributed by atoms with Gasteiger partial charge in [0, 0.05) is 18.6 Å². The molecular formula is C16H23N3O. The molecule has 2 N–H and O–H groups in total. The molecule has 1 aromatic heterocycles. The van der Waals surface area contributed by atoms with Gasteiger partial charge in [0.1, 0.15) is 0 Å². The van der Waals surface area contributed by atoms with E-state index in [2.05, 4.69) is 0 Å². The van der Waals surface area contributed by atoms with Gasteiger partial charge >= 0.3 is 5.69 Å². The minimum atomic E-state index is -0.251. The molecule has 0 radical (unpaired) electrons. The van der Waals surface area contributed by atoms with Crippen LogP contribution in [-0.2, 0) is 13.1 Å². The SMILES string of the molecule is CC(C)(N)CCn1c(=O)n(CC2CC2)c2ccccc21. The molecule has 1 aromatic carbocycles. The van der Waals surface area contributed by atoms with Crippen LogP contribution < -0.4 is 11.4 Å². The third kappa shape index (κ3) is 2.66. The van der Waals surface area contributed by atoms with Gasteiger partial charge in [0.15, 0.2) is 0 Å². The molecule has 1 heterocycles. The highest BCUT2D eigenvalue weighted by molar-refractivity contribution is 5.76. The summed E-state index contributed by atoms with van der Waals surface area (Å²) in [4.78, 5) is 12.7. The highest BCUT2D eigenvalue weighted by Gasteiger charge is 2.24. The molecule has 1 fully saturated rings. The van der Waals surface area contributed by atoms with Gasteiger partial charge in [-0.05, 0) is 51.2 Å². The molecule has 0 saturated heterocycles. The number of hydrogen-bond acceptors (Lipinski definition) is 2. The molecule has 0 unspecified atom stereocenters. The fourth-order valence-corrected chi connectivity index (χ4v) is 2.62. The Kier molecular flexibility index (Phi) is 3.21. The lowest BCUT2D eigenvalue weighted by molar-refractivity contribution is 0.432. The smallest absolute Gasteiger partial charge is 0.325 e. The van der Waals surface area contributed by atoms with Gasteiger partial charge in [0.2, 0.25) is 0 Å². The van der Waals surface area contributed by atoms with Crippen LogP contribution in [0, 0.1) is 5.92 Å². The van der Waals surface area contributed by atoms with Crippen LogP contribution in [0.3, 0.4) is 0 Å². The summed E-state index contributed by atoms with van der Waals surface area (Å²) in [5.41, 5.74) is 8.00. The quantitative estimate of drug-likeness (QED) is 0.909. The zero-order valence-electron chi connectivity index (χ0n) is 12.3. The molecule has 1 saturated carbocycles. The number of imidazole rings is 1. The Morgan fingerprint density at radius 2 is 1.80 bits per heavy atom. The van der Waals surface area contributed by atoms with Crippen molar-refractivity contribution < 1.29 is 0 Å². The summed E-state index contributed by atoms with van der Waals surface area (Å²) >= 11 is 0. The maximum atomic E-state index is 12.7. The Hall–Kier alpha value is -1.55. The predicted octanol–water partition coefficient (Wildman–Crippen LogP) is 2.34. The predicted molar refractivity (Wildman–Crippen MR) is 81.8 cm³/mol. The fraction of sp³-hybridized carbons (Fsp3) is 0.562. The van der Waals surface area contributed by atoms with Crippen molar-refractivity contribution in [2.45, 2.75) is 51.7 Å². The molecule has 0 bridgehead atoms. The lowest BCUT2D eigenvalue weighted by atomic mass is 10.0. The van der Waals surface area contributed by atoms with E-state index in [4.69, 9.17) is 5.73 Å². The van der Waals surface area contributed by atoms with Gasteiger partial charge in [-0.3, -0.25) is 9.13 Å². The van der Waals surface area contributed by atoms with Gasteiger partial charge in [-0.15, -0.1) is 0 Å². The van der Waals surface area contributed by atoms with Gasteiger partial charge in [-0.1, -0.05) is 12.1 Å². The summed E-state index contributed by atoms with van der Waals surface area (Å²) in [5, 5.41) is 0. The largest absolute Gasteiger partial charge is 0.329 e. The molecule has 0 aliphatic heterocycles. The van der Waals surface area contributed by atoms with Gasteiger partial charge in [0.25, 0.3) is 0 Å². The molecule has 4 nitrogen and oxygen atoms in total. The zero-order valence-corrected chi connectivity index (χ0v) is 12.3. The van der Waals surface area contributed by atoms with Crippen LogP contribution in [0.15, 0.2) is 29.1 Å². The number of fused-ring (bicyclic) bond motifs is 1. The molecule has 3 rings (SSSR count). The van der Waals surface area contributed by atoms with E-state index in [1.54, 1.807) is 0 Å². The van der Waals surface area contributed by atoms with E-state index in [1.165, 1.54) is 12.8 Å². The molecule has 0 atom stereocenters. The number of nitrogens with zero attached hydrogens (tertiary/aromatic N) is 2. The number of rotatable bonds is 5. The molecular weight excluding hydrogens is 250 g/mol. The number of para-hydroxylation sites is 2. The molecule has 108 valence electrons. The lowest BCUT2D eigenvalue weighted by Gasteiger charge is -2.18. The highest BCUT2D eigenvalue weighted by atomic mass is 16.1. The maximum absolute atomic E-state index is 12.7. The highest BCUT2D eigenvalue weighted by Crippen LogP contribution is 2.31. The Bertz CT molecular complexity index is 671. The summed E-state index contributed by atoms with van der Waals surface area (Å²) < 4.78 is 3.82. The van der Waals surface area contributed by atoms with Crippen molar-refractivity contribution in [2.75, 3.05) is 0 Å². The lowest BCUT2D eigenvalue weighted by Crippen LogP contribution is -2.35. The minimum Gasteiger partial charge on any atom is -0.325 e. The Labute approximate surface area is 119 Å². The summed E-state index contributed by atoms with van der Waals surface area (Å²) in [6, 6.07) is 8.07. The third-order valence-electron chi connectivity index (χ3n) is 4.04. The Morgan fingerprint density at radius 3 is 2.35 bits per heavy atom. The first-order valence-electron chi connectivity index (χ1n) is 7.43. The van der Waals surface area contributed by atoms with Crippen LogP contribution in [-0.4, -0.2) is 14.7 Å². The van der Waals surface area contributed by atoms with Crippen molar-refractivity contribution in [2.24, 2.45) is 11.7 Å². The number of hydrogen-bond donors (Lipinski definition) is 1. The normalized spacial score (nSPS) is 15.9. The maximum Gasteiger partial charge on any atom is 0.329 e. The molecule has 0 spiro atoms. The van der Waals surface area contributed by atoms with E-state index in [1.807, 2.05) is 47.2 Å². The number of benzene rings is 1. The topological polar surface area (TPSA) is 52.9 Å². The number of nitrogens with two attached hydrogens (primary N) is 1. The van der Waals surface area contributed by atoms with Crippen molar-refractivity contribution in [3.8, 4) is 0 Å². The van der Waals surface area contributed by atoms with Gasteiger partial charge in [-0.2, -0.15) is 0 Å². The summed E-state index contributed by atoms with van der Waals surface area (Å²) in [6.07, 6.45) is 3.30. The van der Waals surface area contributed by atoms with Crippen LogP contribution in [0.2, 0.25) is 0 Å². The first kappa shape index (κ1) is 13.4. The molecule has 1 aliphatic carbocycles. The first-order valence-corrected chi connectivity index (χ1v) is 7.43. The summed E-state index contributed by atoms with van der Waals surface area (Å²) in [6.45, 7) is 5.54. The second-order valence-electron chi connectivity index (χ2n) is 6.72. The Morgan fingerprint density at radius 1 is 1.20 bits per heavy atom.